The van der Waals surface area contributed by atoms with Crippen LogP contribution in [0, 0.1) is 13.8 Å². The maximum absolute atomic E-state index is 16.1. The average Bonchev–Trinajstić information content (AvgIpc) is 3.71. The number of amides is 2. The third-order valence-electron chi connectivity index (χ3n) is 14.4. The van der Waals surface area contributed by atoms with Gasteiger partial charge in [0.2, 0.25) is 5.60 Å². The fraction of sp³-hybridized carbons (Fsp3) is 0.183. The summed E-state index contributed by atoms with van der Waals surface area (Å²) in [5.41, 5.74) is 6.83. The molecule has 8 aromatic carbocycles. The molecule has 2 atom stereocenters. The zero-order chi connectivity index (χ0) is 48.4. The van der Waals surface area contributed by atoms with Crippen molar-refractivity contribution in [2.75, 3.05) is 50.6 Å². The van der Waals surface area contributed by atoms with Crippen molar-refractivity contribution < 1.29 is 32.2 Å². The van der Waals surface area contributed by atoms with E-state index in [1.807, 2.05) is 123 Å². The van der Waals surface area contributed by atoms with E-state index in [-0.39, 0.29) is 17.2 Å². The molecule has 7 nitrogen and oxygen atoms in total. The van der Waals surface area contributed by atoms with Crippen molar-refractivity contribution >= 4 is 34.3 Å². The Morgan fingerprint density at radius 2 is 1.26 bits per heavy atom. The van der Waals surface area contributed by atoms with Gasteiger partial charge in [0, 0.05) is 77.9 Å². The molecule has 1 saturated heterocycles. The number of nitrogens with one attached hydrogen (secondary N) is 1. The van der Waals surface area contributed by atoms with Crippen LogP contribution >= 0.6 is 0 Å². The third-order valence-corrected chi connectivity index (χ3v) is 14.4. The molecule has 350 valence electrons. The number of nitrogens with zero attached hydrogens (tertiary/aromatic N) is 2. The molecule has 3 aliphatic rings. The molecule has 0 spiro atoms. The number of rotatable bonds is 8. The molecule has 8 aromatic rings. The van der Waals surface area contributed by atoms with E-state index in [1.165, 1.54) is 6.07 Å². The molecule has 70 heavy (non-hydrogen) atoms. The molecule has 0 saturated carbocycles. The molecule has 2 unspecified atom stereocenters. The van der Waals surface area contributed by atoms with Gasteiger partial charge in [0.1, 0.15) is 11.5 Å². The molecule has 10 heteroatoms. The monoisotopic (exact) mass is 933 g/mol. The molecule has 0 bridgehead atoms. The number of carbonyl (C=O) groups is 1. The maximum Gasteiger partial charge on any atom is 0.426 e. The summed E-state index contributed by atoms with van der Waals surface area (Å²) in [5, 5.41) is 4.38. The van der Waals surface area contributed by atoms with Gasteiger partial charge in [-0.15, -0.1) is 0 Å². The quantitative estimate of drug-likeness (QED) is 0.164. The van der Waals surface area contributed by atoms with Gasteiger partial charge < -0.3 is 29.3 Å². The van der Waals surface area contributed by atoms with Gasteiger partial charge in [0.05, 0.1) is 7.11 Å². The minimum absolute atomic E-state index is 0.0000203. The summed E-state index contributed by atoms with van der Waals surface area (Å²) in [6, 6.07) is 52.7. The van der Waals surface area contributed by atoms with Crippen LogP contribution in [-0.4, -0.2) is 57.5 Å². The Morgan fingerprint density at radius 3 is 1.87 bits per heavy atom. The number of hydrogen-bond donors (Lipinski definition) is 1. The average molecular weight is 934 g/mol. The Labute approximate surface area is 405 Å². The van der Waals surface area contributed by atoms with Gasteiger partial charge in [-0.05, 0) is 101 Å². The van der Waals surface area contributed by atoms with E-state index in [1.54, 1.807) is 36.3 Å². The highest BCUT2D eigenvalue weighted by Crippen LogP contribution is 2.63. The molecule has 2 aliphatic heterocycles. The van der Waals surface area contributed by atoms with Gasteiger partial charge in [-0.2, -0.15) is 13.2 Å². The topological polar surface area (TPSA) is 63.3 Å². The predicted molar refractivity (Wildman–Crippen MR) is 273 cm³/mol. The second-order valence-electron chi connectivity index (χ2n) is 18.3. The second kappa shape index (κ2) is 17.3. The summed E-state index contributed by atoms with van der Waals surface area (Å²) < 4.78 is 67.0. The van der Waals surface area contributed by atoms with E-state index in [2.05, 4.69) is 46.6 Å². The molecule has 2 heterocycles. The first-order valence-electron chi connectivity index (χ1n) is 23.5. The van der Waals surface area contributed by atoms with Crippen molar-refractivity contribution in [3.05, 3.63) is 209 Å². The zero-order valence-electron chi connectivity index (χ0n) is 39.2. The Bertz CT molecular complexity index is 3310. The molecule has 1 N–H and O–H groups in total. The largest absolute Gasteiger partial charge is 0.497 e. The predicted octanol–water partition coefficient (Wildman–Crippen LogP) is 13.9. The summed E-state index contributed by atoms with van der Waals surface area (Å²) in [6.45, 7) is 5.94. The van der Waals surface area contributed by atoms with E-state index in [4.69, 9.17) is 14.2 Å². The summed E-state index contributed by atoms with van der Waals surface area (Å²) >= 11 is 0. The van der Waals surface area contributed by atoms with Crippen LogP contribution < -0.4 is 19.7 Å². The van der Waals surface area contributed by atoms with Crippen LogP contribution in [0.1, 0.15) is 38.9 Å². The third kappa shape index (κ3) is 7.28. The first-order valence-corrected chi connectivity index (χ1v) is 23.5. The second-order valence-corrected chi connectivity index (χ2v) is 18.3. The number of halogens is 3. The number of ether oxygens (including phenoxy) is 3. The van der Waals surface area contributed by atoms with E-state index >= 15 is 13.2 Å². The van der Waals surface area contributed by atoms with Crippen molar-refractivity contribution in [2.24, 2.45) is 0 Å². The number of fused-ring (bicyclic) bond motifs is 8. The molecule has 1 fully saturated rings. The minimum Gasteiger partial charge on any atom is -0.497 e. The lowest BCUT2D eigenvalue weighted by Gasteiger charge is -2.40. The lowest BCUT2D eigenvalue weighted by atomic mass is 9.79. The number of aryl methyl sites for hydroxylation is 2. The molecule has 0 radical (unpaired) electrons. The number of methoxy groups -OCH3 is 2. The summed E-state index contributed by atoms with van der Waals surface area (Å²) in [5.74, 6) is 0.993. The smallest absolute Gasteiger partial charge is 0.426 e. The Kier molecular flexibility index (Phi) is 11.0. The van der Waals surface area contributed by atoms with Crippen LogP contribution in [0.4, 0.5) is 29.3 Å². The van der Waals surface area contributed by atoms with Crippen molar-refractivity contribution in [3.63, 3.8) is 0 Å². The van der Waals surface area contributed by atoms with E-state index in [9.17, 15) is 4.79 Å². The Balaban J connectivity index is 0.934. The van der Waals surface area contributed by atoms with Crippen LogP contribution in [-0.2, 0) is 15.9 Å². The molecular formula is C60H50F3N3O4. The minimum atomic E-state index is -4.85. The van der Waals surface area contributed by atoms with Crippen LogP contribution in [0.5, 0.6) is 11.5 Å². The standard InChI is InChI=1S/C60H50F3N3O4/c1-38-14-22-44(23-15-38)58(45-24-28-47(68-3)29-25-45)31-30-49-55-54(48-12-8-9-13-52(48)59(55,69-4)60(61,62)63)50-37-53(39(2)36-51(50)56(49)70-58)65-32-34-66(35-33-65)57(67)64-46-26-20-43(21-27-46)42-18-16-41(17-19-42)40-10-6-5-7-11-40/h5-31,36-37H,32-35H2,1-4H3,(H,64,67). The normalized spacial score (nSPS) is 18.2. The van der Waals surface area contributed by atoms with Crippen molar-refractivity contribution in [1.29, 1.82) is 0 Å². The van der Waals surface area contributed by atoms with Gasteiger partial charge in [-0.3, -0.25) is 0 Å². The van der Waals surface area contributed by atoms with Gasteiger partial charge >= 0.3 is 12.2 Å². The van der Waals surface area contributed by atoms with Crippen LogP contribution in [0.3, 0.4) is 0 Å². The Hall–Kier alpha value is -7.82. The summed E-state index contributed by atoms with van der Waals surface area (Å²) in [7, 11) is 2.74. The van der Waals surface area contributed by atoms with Crippen molar-refractivity contribution in [2.45, 2.75) is 31.2 Å². The zero-order valence-corrected chi connectivity index (χ0v) is 39.2. The highest BCUT2D eigenvalue weighted by Gasteiger charge is 2.64. The molecule has 1 aliphatic carbocycles. The first kappa shape index (κ1) is 44.7. The number of anilines is 2. The van der Waals surface area contributed by atoms with Gasteiger partial charge in [-0.1, -0.05) is 139 Å². The number of benzene rings is 8. The van der Waals surface area contributed by atoms with Crippen LogP contribution in [0.2, 0.25) is 0 Å². The lowest BCUT2D eigenvalue weighted by molar-refractivity contribution is -0.256. The fourth-order valence-corrected chi connectivity index (χ4v) is 10.7. The van der Waals surface area contributed by atoms with E-state index in [0.29, 0.717) is 70.8 Å². The van der Waals surface area contributed by atoms with Crippen LogP contribution in [0.25, 0.3) is 50.2 Å². The first-order chi connectivity index (χ1) is 33.9. The highest BCUT2D eigenvalue weighted by atomic mass is 19.4. The van der Waals surface area contributed by atoms with E-state index < -0.39 is 17.4 Å². The molecule has 11 rings (SSSR count). The summed E-state index contributed by atoms with van der Waals surface area (Å²) in [4.78, 5) is 17.7. The number of hydrogen-bond acceptors (Lipinski definition) is 5. The SMILES string of the molecule is COc1ccc(C2(c3ccc(C)cc3)C=Cc3c4c(c5cc(N6CCN(C(=O)Nc7ccc(-c8ccc(-c9ccccc9)cc8)cc7)CC6)c(C)cc5c3O2)-c2ccccc2C4(OC)C(F)(F)F)cc1. The van der Waals surface area contributed by atoms with Crippen molar-refractivity contribution in [3.8, 4) is 44.9 Å². The number of alkyl halides is 3. The van der Waals surface area contributed by atoms with Gasteiger partial charge in [0.25, 0.3) is 0 Å². The number of carbonyl (C=O) groups excluding carboxylic acids is 1. The van der Waals surface area contributed by atoms with Crippen molar-refractivity contribution in [1.82, 2.24) is 4.90 Å². The molecule has 2 amide bonds. The molecule has 0 aromatic heterocycles. The van der Waals surface area contributed by atoms with Gasteiger partial charge in [-0.25, -0.2) is 4.79 Å². The highest BCUT2D eigenvalue weighted by molar-refractivity contribution is 6.10. The Morgan fingerprint density at radius 1 is 0.671 bits per heavy atom. The lowest BCUT2D eigenvalue weighted by Crippen LogP contribution is -2.50. The van der Waals surface area contributed by atoms with E-state index in [0.717, 1.165) is 57.3 Å². The maximum atomic E-state index is 16.1. The van der Waals surface area contributed by atoms with Crippen LogP contribution in [0.15, 0.2) is 170 Å². The fourth-order valence-electron chi connectivity index (χ4n) is 10.7. The number of urea groups is 1. The molecular weight excluding hydrogens is 884 g/mol. The van der Waals surface area contributed by atoms with Gasteiger partial charge in [0.15, 0.2) is 5.60 Å². The summed E-state index contributed by atoms with van der Waals surface area (Å²) in [6.07, 6.45) is -1.19. The number of piperazine rings is 1.